The van der Waals surface area contributed by atoms with E-state index in [0.717, 1.165) is 24.2 Å². The van der Waals surface area contributed by atoms with E-state index in [1.54, 1.807) is 6.20 Å². The first-order valence-corrected chi connectivity index (χ1v) is 5.09. The molecule has 78 valence electrons. The first-order chi connectivity index (χ1) is 7.40. The van der Waals surface area contributed by atoms with E-state index in [1.807, 2.05) is 18.3 Å². The lowest BCUT2D eigenvalue weighted by Crippen LogP contribution is -1.90. The average Bonchev–Trinajstić information content (AvgIpc) is 2.80. The highest BCUT2D eigenvalue weighted by Crippen LogP contribution is 2.16. The van der Waals surface area contributed by atoms with E-state index in [9.17, 15) is 0 Å². The maximum atomic E-state index is 8.76. The molecule has 1 heterocycles. The molecule has 15 heavy (non-hydrogen) atoms. The molecule has 0 aliphatic rings. The molecule has 0 aliphatic carbocycles. The van der Waals surface area contributed by atoms with E-state index >= 15 is 0 Å². The van der Waals surface area contributed by atoms with Gasteiger partial charge >= 0.3 is 0 Å². The molecule has 0 saturated carbocycles. The van der Waals surface area contributed by atoms with Crippen molar-refractivity contribution in [2.45, 2.75) is 12.8 Å². The van der Waals surface area contributed by atoms with Gasteiger partial charge in [-0.2, -0.15) is 0 Å². The molecule has 0 spiro atoms. The van der Waals surface area contributed by atoms with Crippen molar-refractivity contribution >= 4 is 0 Å². The fourth-order valence-electron chi connectivity index (χ4n) is 1.58. The third-order valence-electron chi connectivity index (χ3n) is 2.32. The first-order valence-electron chi connectivity index (χ1n) is 5.09. The van der Waals surface area contributed by atoms with Gasteiger partial charge in [-0.3, -0.25) is 0 Å². The number of aromatic amines is 1. The predicted octanol–water partition coefficient (Wildman–Crippen LogP) is 2.00. The Balaban J connectivity index is 2.19. The van der Waals surface area contributed by atoms with E-state index in [1.165, 1.54) is 5.56 Å². The maximum Gasteiger partial charge on any atom is 0.137 e. The molecular weight excluding hydrogens is 188 g/mol. The zero-order chi connectivity index (χ0) is 10.5. The number of H-pyrrole nitrogens is 1. The molecule has 2 N–H and O–H groups in total. The summed E-state index contributed by atoms with van der Waals surface area (Å²) in [6.07, 6.45) is 5.28. The lowest BCUT2D eigenvalue weighted by Gasteiger charge is -2.02. The van der Waals surface area contributed by atoms with Gasteiger partial charge in [0.25, 0.3) is 0 Å². The smallest absolute Gasteiger partial charge is 0.137 e. The molecule has 2 rings (SSSR count). The Morgan fingerprint density at radius 1 is 1.33 bits per heavy atom. The monoisotopic (exact) mass is 202 g/mol. The number of imidazole rings is 1. The number of aliphatic hydroxyl groups excluding tert-OH is 1. The summed E-state index contributed by atoms with van der Waals surface area (Å²) < 4.78 is 0. The standard InChI is InChI=1S/C12H14N2O/c15-8-2-4-10-3-1-5-11(9-10)12-13-6-7-14-12/h1,3,5-7,9,15H,2,4,8H2,(H,13,14). The molecule has 0 bridgehead atoms. The molecule has 0 fully saturated rings. The Bertz CT molecular complexity index is 409. The lowest BCUT2D eigenvalue weighted by atomic mass is 10.1. The van der Waals surface area contributed by atoms with Gasteiger partial charge in [0.1, 0.15) is 5.82 Å². The number of benzene rings is 1. The lowest BCUT2D eigenvalue weighted by molar-refractivity contribution is 0.288. The highest BCUT2D eigenvalue weighted by atomic mass is 16.2. The molecular formula is C12H14N2O. The number of aliphatic hydroxyl groups is 1. The van der Waals surface area contributed by atoms with Gasteiger partial charge in [0.05, 0.1) is 0 Å². The van der Waals surface area contributed by atoms with E-state index in [4.69, 9.17) is 5.11 Å². The number of hydrogen-bond acceptors (Lipinski definition) is 2. The average molecular weight is 202 g/mol. The Morgan fingerprint density at radius 2 is 2.27 bits per heavy atom. The van der Waals surface area contributed by atoms with Gasteiger partial charge < -0.3 is 10.1 Å². The van der Waals surface area contributed by atoms with E-state index in [0.29, 0.717) is 0 Å². The number of hydrogen-bond donors (Lipinski definition) is 2. The third kappa shape index (κ3) is 2.44. The fraction of sp³-hybridized carbons (Fsp3) is 0.250. The summed E-state index contributed by atoms with van der Waals surface area (Å²) in [5, 5.41) is 8.76. The highest BCUT2D eigenvalue weighted by Gasteiger charge is 2.00. The van der Waals surface area contributed by atoms with Crippen molar-refractivity contribution < 1.29 is 5.11 Å². The summed E-state index contributed by atoms with van der Waals surface area (Å²) in [6.45, 7) is 0.241. The number of rotatable bonds is 4. The minimum absolute atomic E-state index is 0.241. The molecule has 3 nitrogen and oxygen atoms in total. The van der Waals surface area contributed by atoms with Crippen LogP contribution in [0.2, 0.25) is 0 Å². The van der Waals surface area contributed by atoms with Gasteiger partial charge in [0, 0.05) is 24.6 Å². The minimum atomic E-state index is 0.241. The van der Waals surface area contributed by atoms with Crippen LogP contribution in [-0.2, 0) is 6.42 Å². The van der Waals surface area contributed by atoms with E-state index < -0.39 is 0 Å². The summed E-state index contributed by atoms with van der Waals surface area (Å²) in [6, 6.07) is 8.22. The molecule has 2 aromatic rings. The second kappa shape index (κ2) is 4.75. The van der Waals surface area contributed by atoms with Gasteiger partial charge in [0.2, 0.25) is 0 Å². The van der Waals surface area contributed by atoms with Crippen molar-refractivity contribution in [2.75, 3.05) is 6.61 Å². The first kappa shape index (κ1) is 9.93. The molecule has 0 unspecified atom stereocenters. The van der Waals surface area contributed by atoms with Crippen LogP contribution in [0, 0.1) is 0 Å². The summed E-state index contributed by atoms with van der Waals surface area (Å²) >= 11 is 0. The Hall–Kier alpha value is -1.61. The van der Waals surface area contributed by atoms with Crippen molar-refractivity contribution in [3.63, 3.8) is 0 Å². The maximum absolute atomic E-state index is 8.76. The van der Waals surface area contributed by atoms with Crippen LogP contribution in [0.3, 0.4) is 0 Å². The molecule has 1 aromatic carbocycles. The fourth-order valence-corrected chi connectivity index (χ4v) is 1.58. The van der Waals surface area contributed by atoms with Gasteiger partial charge in [-0.25, -0.2) is 4.98 Å². The highest BCUT2D eigenvalue weighted by molar-refractivity contribution is 5.55. The summed E-state index contributed by atoms with van der Waals surface area (Å²) in [5.41, 5.74) is 2.33. The SMILES string of the molecule is OCCCc1cccc(-c2ncc[nH]2)c1. The number of nitrogens with zero attached hydrogens (tertiary/aromatic N) is 1. The number of aromatic nitrogens is 2. The quantitative estimate of drug-likeness (QED) is 0.796. The molecule has 0 radical (unpaired) electrons. The molecule has 0 atom stereocenters. The number of aryl methyl sites for hydroxylation is 1. The summed E-state index contributed by atoms with van der Waals surface area (Å²) in [5.74, 6) is 0.890. The second-order valence-electron chi connectivity index (χ2n) is 3.47. The minimum Gasteiger partial charge on any atom is -0.396 e. The normalized spacial score (nSPS) is 10.5. The van der Waals surface area contributed by atoms with Crippen LogP contribution in [0.25, 0.3) is 11.4 Å². The van der Waals surface area contributed by atoms with Crippen molar-refractivity contribution in [3.05, 3.63) is 42.2 Å². The Kier molecular flexibility index (Phi) is 3.15. The van der Waals surface area contributed by atoms with Gasteiger partial charge in [-0.15, -0.1) is 0 Å². The topological polar surface area (TPSA) is 48.9 Å². The predicted molar refractivity (Wildman–Crippen MR) is 59.4 cm³/mol. The molecule has 0 aliphatic heterocycles. The van der Waals surface area contributed by atoms with Crippen molar-refractivity contribution in [1.82, 2.24) is 9.97 Å². The van der Waals surface area contributed by atoms with Crippen molar-refractivity contribution in [2.24, 2.45) is 0 Å². The van der Waals surface area contributed by atoms with Crippen molar-refractivity contribution in [1.29, 1.82) is 0 Å². The van der Waals surface area contributed by atoms with Crippen LogP contribution in [0.15, 0.2) is 36.7 Å². The zero-order valence-corrected chi connectivity index (χ0v) is 8.48. The zero-order valence-electron chi connectivity index (χ0n) is 8.48. The van der Waals surface area contributed by atoms with Gasteiger partial charge in [0.15, 0.2) is 0 Å². The van der Waals surface area contributed by atoms with Crippen molar-refractivity contribution in [3.8, 4) is 11.4 Å². The van der Waals surface area contributed by atoms with Crippen LogP contribution in [-0.4, -0.2) is 21.7 Å². The Labute approximate surface area is 88.8 Å². The molecule has 0 saturated heterocycles. The third-order valence-corrected chi connectivity index (χ3v) is 2.32. The van der Waals surface area contributed by atoms with Crippen LogP contribution in [0.5, 0.6) is 0 Å². The second-order valence-corrected chi connectivity index (χ2v) is 3.47. The molecule has 3 heteroatoms. The van der Waals surface area contributed by atoms with Crippen LogP contribution >= 0.6 is 0 Å². The van der Waals surface area contributed by atoms with Crippen LogP contribution in [0.4, 0.5) is 0 Å². The van der Waals surface area contributed by atoms with Crippen LogP contribution < -0.4 is 0 Å². The Morgan fingerprint density at radius 3 is 3.00 bits per heavy atom. The number of nitrogens with one attached hydrogen (secondary N) is 1. The summed E-state index contributed by atoms with van der Waals surface area (Å²) in [7, 11) is 0. The van der Waals surface area contributed by atoms with Crippen LogP contribution in [0.1, 0.15) is 12.0 Å². The van der Waals surface area contributed by atoms with E-state index in [-0.39, 0.29) is 6.61 Å². The summed E-state index contributed by atoms with van der Waals surface area (Å²) in [4.78, 5) is 7.28. The van der Waals surface area contributed by atoms with Gasteiger partial charge in [-0.05, 0) is 24.5 Å². The molecule has 1 aromatic heterocycles. The molecule has 0 amide bonds. The van der Waals surface area contributed by atoms with E-state index in [2.05, 4.69) is 22.1 Å². The largest absolute Gasteiger partial charge is 0.396 e. The van der Waals surface area contributed by atoms with Gasteiger partial charge in [-0.1, -0.05) is 18.2 Å².